The van der Waals surface area contributed by atoms with Crippen LogP contribution in [-0.2, 0) is 27.5 Å². The molecule has 8 nitrogen and oxygen atoms in total. The fraction of sp³-hybridized carbons (Fsp3) is 0.474. The molecule has 4 rings (SSSR count). The van der Waals surface area contributed by atoms with Crippen LogP contribution < -0.4 is 16.0 Å². The molecule has 0 aliphatic carbocycles. The van der Waals surface area contributed by atoms with Crippen molar-refractivity contribution in [2.45, 2.75) is 50.9 Å². The van der Waals surface area contributed by atoms with Crippen molar-refractivity contribution >= 4 is 23.6 Å². The fourth-order valence-corrected chi connectivity index (χ4v) is 3.96. The zero-order chi connectivity index (χ0) is 19.0. The number of nitrogens with zero attached hydrogens (tertiary/aromatic N) is 1. The molecule has 3 aliphatic rings. The number of benzene rings is 1. The highest BCUT2D eigenvalue weighted by Crippen LogP contribution is 2.28. The third kappa shape index (κ3) is 3.44. The van der Waals surface area contributed by atoms with Crippen LogP contribution in [-0.4, -0.2) is 47.2 Å². The average molecular weight is 370 g/mol. The molecule has 8 heteroatoms. The second kappa shape index (κ2) is 7.11. The molecule has 0 aromatic heterocycles. The summed E-state index contributed by atoms with van der Waals surface area (Å²) in [5, 5.41) is 8.39. The summed E-state index contributed by atoms with van der Waals surface area (Å²) >= 11 is 0. The van der Waals surface area contributed by atoms with E-state index >= 15 is 0 Å². The number of hydrogen-bond donors (Lipinski definition) is 3. The van der Waals surface area contributed by atoms with Crippen molar-refractivity contribution in [2.24, 2.45) is 0 Å². The van der Waals surface area contributed by atoms with Gasteiger partial charge in [0.25, 0.3) is 5.91 Å². The Balaban J connectivity index is 1.42. The second-order valence-corrected chi connectivity index (χ2v) is 7.26. The van der Waals surface area contributed by atoms with E-state index < -0.39 is 11.9 Å². The zero-order valence-electron chi connectivity index (χ0n) is 14.9. The Labute approximate surface area is 156 Å². The van der Waals surface area contributed by atoms with Crippen LogP contribution in [0.15, 0.2) is 18.2 Å². The maximum Gasteiger partial charge on any atom is 0.255 e. The topological polar surface area (TPSA) is 108 Å². The molecule has 4 amide bonds. The SMILES string of the molecule is O=C1CCC(N2Cc3cc(CNC(=O)C4CCCN4)ccc3C2=O)C(=O)N1. The quantitative estimate of drug-likeness (QED) is 0.637. The lowest BCUT2D eigenvalue weighted by Gasteiger charge is -2.29. The molecule has 0 spiro atoms. The number of amides is 4. The summed E-state index contributed by atoms with van der Waals surface area (Å²) in [5.74, 6) is -0.904. The minimum Gasteiger partial charge on any atom is -0.351 e. The summed E-state index contributed by atoms with van der Waals surface area (Å²) in [6.45, 7) is 1.61. The molecule has 0 radical (unpaired) electrons. The molecule has 2 fully saturated rings. The highest BCUT2D eigenvalue weighted by atomic mass is 16.2. The van der Waals surface area contributed by atoms with Gasteiger partial charge in [-0.15, -0.1) is 0 Å². The highest BCUT2D eigenvalue weighted by molar-refractivity contribution is 6.05. The van der Waals surface area contributed by atoms with Crippen LogP contribution >= 0.6 is 0 Å². The van der Waals surface area contributed by atoms with Gasteiger partial charge in [-0.1, -0.05) is 12.1 Å². The number of piperidine rings is 1. The summed E-state index contributed by atoms with van der Waals surface area (Å²) < 4.78 is 0. The number of rotatable bonds is 4. The average Bonchev–Trinajstić information content (AvgIpc) is 3.29. The smallest absolute Gasteiger partial charge is 0.255 e. The normalized spacial score (nSPS) is 24.7. The maximum absolute atomic E-state index is 12.7. The van der Waals surface area contributed by atoms with E-state index in [-0.39, 0.29) is 30.2 Å². The first-order chi connectivity index (χ1) is 13.0. The fourth-order valence-electron chi connectivity index (χ4n) is 3.96. The first-order valence-corrected chi connectivity index (χ1v) is 9.30. The molecule has 0 saturated carbocycles. The van der Waals surface area contributed by atoms with Crippen LogP contribution in [0, 0.1) is 0 Å². The molecule has 3 aliphatic heterocycles. The predicted octanol–water partition coefficient (Wildman–Crippen LogP) is -0.184. The molecule has 2 atom stereocenters. The maximum atomic E-state index is 12.7. The summed E-state index contributed by atoms with van der Waals surface area (Å²) in [6.07, 6.45) is 2.45. The number of carbonyl (C=O) groups excluding carboxylic acids is 4. The Bertz CT molecular complexity index is 816. The van der Waals surface area contributed by atoms with E-state index in [4.69, 9.17) is 0 Å². The summed E-state index contributed by atoms with van der Waals surface area (Å²) in [4.78, 5) is 49.7. The van der Waals surface area contributed by atoms with Gasteiger partial charge < -0.3 is 15.5 Å². The molecule has 3 heterocycles. The molecule has 1 aromatic rings. The monoisotopic (exact) mass is 370 g/mol. The van der Waals surface area contributed by atoms with E-state index in [9.17, 15) is 19.2 Å². The lowest BCUT2D eigenvalue weighted by molar-refractivity contribution is -0.137. The Morgan fingerprint density at radius 1 is 1.22 bits per heavy atom. The van der Waals surface area contributed by atoms with Crippen molar-refractivity contribution in [3.8, 4) is 0 Å². The molecule has 2 saturated heterocycles. The van der Waals surface area contributed by atoms with Crippen LogP contribution in [0.4, 0.5) is 0 Å². The van der Waals surface area contributed by atoms with Crippen molar-refractivity contribution in [3.63, 3.8) is 0 Å². The van der Waals surface area contributed by atoms with Gasteiger partial charge in [-0.3, -0.25) is 24.5 Å². The number of hydrogen-bond acceptors (Lipinski definition) is 5. The predicted molar refractivity (Wildman–Crippen MR) is 95.4 cm³/mol. The lowest BCUT2D eigenvalue weighted by Crippen LogP contribution is -2.52. The van der Waals surface area contributed by atoms with E-state index in [1.165, 1.54) is 4.90 Å². The van der Waals surface area contributed by atoms with Crippen LogP contribution in [0.5, 0.6) is 0 Å². The minimum absolute atomic E-state index is 0.00533. The second-order valence-electron chi connectivity index (χ2n) is 7.26. The van der Waals surface area contributed by atoms with Crippen molar-refractivity contribution in [3.05, 3.63) is 34.9 Å². The van der Waals surface area contributed by atoms with Gasteiger partial charge >= 0.3 is 0 Å². The Kier molecular flexibility index (Phi) is 4.65. The zero-order valence-corrected chi connectivity index (χ0v) is 14.9. The van der Waals surface area contributed by atoms with Gasteiger partial charge in [0, 0.05) is 25.1 Å². The van der Waals surface area contributed by atoms with E-state index in [2.05, 4.69) is 16.0 Å². The van der Waals surface area contributed by atoms with Crippen LogP contribution in [0.1, 0.15) is 47.2 Å². The van der Waals surface area contributed by atoms with Crippen LogP contribution in [0.25, 0.3) is 0 Å². The van der Waals surface area contributed by atoms with E-state index in [0.717, 1.165) is 30.5 Å². The summed E-state index contributed by atoms with van der Waals surface area (Å²) in [7, 11) is 0. The van der Waals surface area contributed by atoms with Crippen LogP contribution in [0.2, 0.25) is 0 Å². The van der Waals surface area contributed by atoms with E-state index in [1.54, 1.807) is 6.07 Å². The highest BCUT2D eigenvalue weighted by Gasteiger charge is 2.39. The largest absolute Gasteiger partial charge is 0.351 e. The summed E-state index contributed by atoms with van der Waals surface area (Å²) in [5.41, 5.74) is 2.33. The number of carbonyl (C=O) groups is 4. The third-order valence-corrected chi connectivity index (χ3v) is 5.43. The minimum atomic E-state index is -0.612. The van der Waals surface area contributed by atoms with Gasteiger partial charge in [0.15, 0.2) is 0 Å². The van der Waals surface area contributed by atoms with Crippen molar-refractivity contribution in [1.29, 1.82) is 0 Å². The van der Waals surface area contributed by atoms with Gasteiger partial charge in [0.2, 0.25) is 17.7 Å². The molecule has 27 heavy (non-hydrogen) atoms. The van der Waals surface area contributed by atoms with Gasteiger partial charge in [0.05, 0.1) is 6.04 Å². The van der Waals surface area contributed by atoms with E-state index in [0.29, 0.717) is 25.1 Å². The first-order valence-electron chi connectivity index (χ1n) is 9.30. The first kappa shape index (κ1) is 17.7. The van der Waals surface area contributed by atoms with Crippen molar-refractivity contribution in [2.75, 3.05) is 6.54 Å². The molecule has 142 valence electrons. The Morgan fingerprint density at radius 3 is 2.81 bits per heavy atom. The standard InChI is InChI=1S/C19H22N4O4/c24-16-6-5-15(18(26)22-16)23-10-12-8-11(3-4-13(12)19(23)27)9-21-17(25)14-2-1-7-20-14/h3-4,8,14-15,20H,1-2,5-7,9-10H2,(H,21,25)(H,22,24,26). The molecule has 1 aromatic carbocycles. The number of fused-ring (bicyclic) bond motifs is 1. The van der Waals surface area contributed by atoms with Gasteiger partial charge in [-0.25, -0.2) is 0 Å². The molecule has 3 N–H and O–H groups in total. The lowest BCUT2D eigenvalue weighted by atomic mass is 10.0. The number of nitrogens with one attached hydrogen (secondary N) is 3. The van der Waals surface area contributed by atoms with Crippen LogP contribution in [0.3, 0.4) is 0 Å². The molecule has 0 bridgehead atoms. The van der Waals surface area contributed by atoms with E-state index in [1.807, 2.05) is 12.1 Å². The third-order valence-electron chi connectivity index (χ3n) is 5.43. The molecular weight excluding hydrogens is 348 g/mol. The summed E-state index contributed by atoms with van der Waals surface area (Å²) in [6, 6.07) is 4.75. The molecular formula is C19H22N4O4. The van der Waals surface area contributed by atoms with Crippen molar-refractivity contribution in [1.82, 2.24) is 20.9 Å². The van der Waals surface area contributed by atoms with Gasteiger partial charge in [-0.2, -0.15) is 0 Å². The van der Waals surface area contributed by atoms with Gasteiger partial charge in [0.1, 0.15) is 6.04 Å². The van der Waals surface area contributed by atoms with Gasteiger partial charge in [-0.05, 0) is 43.0 Å². The van der Waals surface area contributed by atoms with Crippen molar-refractivity contribution < 1.29 is 19.2 Å². The molecule has 2 unspecified atom stereocenters. The Hall–Kier alpha value is -2.74. The Morgan fingerprint density at radius 2 is 2.07 bits per heavy atom. The number of imide groups is 1.